The van der Waals surface area contributed by atoms with Crippen molar-refractivity contribution in [1.29, 1.82) is 0 Å². The molecule has 0 N–H and O–H groups in total. The summed E-state index contributed by atoms with van der Waals surface area (Å²) >= 11 is 0. The Hall–Kier alpha value is -2.35. The van der Waals surface area contributed by atoms with Crippen LogP contribution in [-0.4, -0.2) is 13.1 Å². The number of esters is 1. The van der Waals surface area contributed by atoms with Crippen LogP contribution in [0.2, 0.25) is 0 Å². The molecule has 2 aromatic rings. The largest absolute Gasteiger partial charge is 0.466 e. The van der Waals surface area contributed by atoms with Gasteiger partial charge in [0, 0.05) is 11.5 Å². The summed E-state index contributed by atoms with van der Waals surface area (Å²) in [6, 6.07) is 16.7. The van der Waals surface area contributed by atoms with Gasteiger partial charge in [0.25, 0.3) is 0 Å². The molecule has 2 heteroatoms. The summed E-state index contributed by atoms with van der Waals surface area (Å²) in [5, 5.41) is 0. The second-order valence-corrected chi connectivity index (χ2v) is 5.03. The lowest BCUT2D eigenvalue weighted by Crippen LogP contribution is -2.08. The zero-order valence-electron chi connectivity index (χ0n) is 11.4. The smallest absolute Gasteiger partial charge is 0.333 e. The molecule has 20 heavy (non-hydrogen) atoms. The van der Waals surface area contributed by atoms with Crippen molar-refractivity contribution in [2.75, 3.05) is 7.11 Å². The first-order chi connectivity index (χ1) is 9.72. The quantitative estimate of drug-likeness (QED) is 0.620. The Morgan fingerprint density at radius 1 is 1.05 bits per heavy atom. The van der Waals surface area contributed by atoms with E-state index in [0.29, 0.717) is 12.0 Å². The zero-order chi connectivity index (χ0) is 14.1. The number of methoxy groups -OCH3 is 1. The molecule has 0 aromatic heterocycles. The first-order valence-corrected chi connectivity index (χ1v) is 6.66. The molecule has 100 valence electrons. The third kappa shape index (κ3) is 1.94. The van der Waals surface area contributed by atoms with Gasteiger partial charge in [-0.3, -0.25) is 0 Å². The molecule has 2 nitrogen and oxygen atoms in total. The number of rotatable bonds is 3. The summed E-state index contributed by atoms with van der Waals surface area (Å²) < 4.78 is 4.76. The Kier molecular flexibility index (Phi) is 3.15. The normalized spacial score (nSPS) is 12.7. The number of fused-ring (bicyclic) bond motifs is 3. The maximum absolute atomic E-state index is 11.6. The summed E-state index contributed by atoms with van der Waals surface area (Å²) in [5.41, 5.74) is 5.55. The van der Waals surface area contributed by atoms with Crippen LogP contribution in [-0.2, 0) is 9.53 Å². The van der Waals surface area contributed by atoms with Crippen LogP contribution in [0.3, 0.4) is 0 Å². The van der Waals surface area contributed by atoms with Crippen LogP contribution >= 0.6 is 0 Å². The fourth-order valence-corrected chi connectivity index (χ4v) is 2.95. The van der Waals surface area contributed by atoms with Crippen molar-refractivity contribution < 1.29 is 9.53 Å². The lowest BCUT2D eigenvalue weighted by atomic mass is 9.90. The van der Waals surface area contributed by atoms with Gasteiger partial charge in [0.05, 0.1) is 7.11 Å². The molecular formula is C18H16O2. The SMILES string of the molecule is C=C(CC1c2ccccc2-c2ccccc21)C(=O)OC. The highest BCUT2D eigenvalue weighted by Crippen LogP contribution is 2.46. The minimum Gasteiger partial charge on any atom is -0.466 e. The monoisotopic (exact) mass is 264 g/mol. The second-order valence-electron chi connectivity index (χ2n) is 5.03. The molecular weight excluding hydrogens is 248 g/mol. The van der Waals surface area contributed by atoms with Crippen molar-refractivity contribution in [3.8, 4) is 11.1 Å². The summed E-state index contributed by atoms with van der Waals surface area (Å²) in [6.45, 7) is 3.86. The van der Waals surface area contributed by atoms with Crippen LogP contribution in [0.4, 0.5) is 0 Å². The Morgan fingerprint density at radius 3 is 2.05 bits per heavy atom. The maximum Gasteiger partial charge on any atom is 0.333 e. The number of carbonyl (C=O) groups is 1. The summed E-state index contributed by atoms with van der Waals surface area (Å²) in [4.78, 5) is 11.6. The van der Waals surface area contributed by atoms with Crippen LogP contribution in [0.15, 0.2) is 60.7 Å². The standard InChI is InChI=1S/C18H16O2/c1-12(18(19)20-2)11-17-15-9-5-3-7-13(15)14-8-4-6-10-16(14)17/h3-10,17H,1,11H2,2H3. The van der Waals surface area contributed by atoms with Crippen molar-refractivity contribution in [1.82, 2.24) is 0 Å². The van der Waals surface area contributed by atoms with Crippen LogP contribution in [0.1, 0.15) is 23.5 Å². The van der Waals surface area contributed by atoms with Gasteiger partial charge in [-0.05, 0) is 28.7 Å². The average Bonchev–Trinajstić information content (AvgIpc) is 2.81. The molecule has 0 radical (unpaired) electrons. The van der Waals surface area contributed by atoms with Crippen molar-refractivity contribution >= 4 is 5.97 Å². The van der Waals surface area contributed by atoms with E-state index in [-0.39, 0.29) is 11.9 Å². The lowest BCUT2D eigenvalue weighted by molar-refractivity contribution is -0.136. The number of benzene rings is 2. The second kappa shape index (κ2) is 4.97. The van der Waals surface area contributed by atoms with E-state index in [1.807, 2.05) is 24.3 Å². The molecule has 0 amide bonds. The van der Waals surface area contributed by atoms with E-state index in [9.17, 15) is 4.79 Å². The van der Waals surface area contributed by atoms with Crippen molar-refractivity contribution in [2.24, 2.45) is 0 Å². The van der Waals surface area contributed by atoms with E-state index in [1.165, 1.54) is 29.4 Å². The van der Waals surface area contributed by atoms with Gasteiger partial charge in [-0.25, -0.2) is 4.79 Å². The number of carbonyl (C=O) groups excluding carboxylic acids is 1. The predicted octanol–water partition coefficient (Wildman–Crippen LogP) is 3.92. The molecule has 0 bridgehead atoms. The molecule has 2 aromatic carbocycles. The van der Waals surface area contributed by atoms with Gasteiger partial charge in [0.1, 0.15) is 0 Å². The fraction of sp³-hybridized carbons (Fsp3) is 0.167. The number of hydrogen-bond donors (Lipinski definition) is 0. The summed E-state index contributed by atoms with van der Waals surface area (Å²) in [6.07, 6.45) is 0.598. The first-order valence-electron chi connectivity index (χ1n) is 6.66. The van der Waals surface area contributed by atoms with E-state index < -0.39 is 0 Å². The molecule has 0 atom stereocenters. The van der Waals surface area contributed by atoms with E-state index in [0.717, 1.165) is 0 Å². The van der Waals surface area contributed by atoms with E-state index in [1.54, 1.807) is 0 Å². The third-order valence-electron chi connectivity index (χ3n) is 3.89. The molecule has 0 unspecified atom stereocenters. The Morgan fingerprint density at radius 2 is 1.55 bits per heavy atom. The van der Waals surface area contributed by atoms with Gasteiger partial charge < -0.3 is 4.74 Å². The average molecular weight is 264 g/mol. The van der Waals surface area contributed by atoms with Gasteiger partial charge in [0.15, 0.2) is 0 Å². The molecule has 0 saturated carbocycles. The van der Waals surface area contributed by atoms with Crippen LogP contribution < -0.4 is 0 Å². The van der Waals surface area contributed by atoms with Gasteiger partial charge in [-0.1, -0.05) is 55.1 Å². The Balaban J connectivity index is 2.03. The fourth-order valence-electron chi connectivity index (χ4n) is 2.95. The van der Waals surface area contributed by atoms with Crippen molar-refractivity contribution in [2.45, 2.75) is 12.3 Å². The molecule has 1 aliphatic carbocycles. The first kappa shape index (κ1) is 12.7. The molecule has 0 heterocycles. The van der Waals surface area contributed by atoms with Crippen molar-refractivity contribution in [3.05, 3.63) is 71.8 Å². The van der Waals surface area contributed by atoms with Crippen LogP contribution in [0.25, 0.3) is 11.1 Å². The minimum absolute atomic E-state index is 0.189. The summed E-state index contributed by atoms with van der Waals surface area (Å²) in [5.74, 6) is -0.138. The topological polar surface area (TPSA) is 26.3 Å². The predicted molar refractivity (Wildman–Crippen MR) is 79.5 cm³/mol. The van der Waals surface area contributed by atoms with Gasteiger partial charge >= 0.3 is 5.97 Å². The van der Waals surface area contributed by atoms with E-state index >= 15 is 0 Å². The zero-order valence-corrected chi connectivity index (χ0v) is 11.4. The highest BCUT2D eigenvalue weighted by Gasteiger charge is 2.29. The molecule has 0 aliphatic heterocycles. The maximum atomic E-state index is 11.6. The van der Waals surface area contributed by atoms with Crippen LogP contribution in [0, 0.1) is 0 Å². The third-order valence-corrected chi connectivity index (χ3v) is 3.89. The van der Waals surface area contributed by atoms with Crippen molar-refractivity contribution in [3.63, 3.8) is 0 Å². The van der Waals surface area contributed by atoms with Gasteiger partial charge in [0.2, 0.25) is 0 Å². The van der Waals surface area contributed by atoms with Crippen LogP contribution in [0.5, 0.6) is 0 Å². The highest BCUT2D eigenvalue weighted by molar-refractivity contribution is 5.88. The molecule has 0 saturated heterocycles. The molecule has 1 aliphatic rings. The molecule has 0 spiro atoms. The minimum atomic E-state index is -0.327. The number of hydrogen-bond acceptors (Lipinski definition) is 2. The number of ether oxygens (including phenoxy) is 1. The Bertz CT molecular complexity index is 640. The van der Waals surface area contributed by atoms with Gasteiger partial charge in [-0.15, -0.1) is 0 Å². The van der Waals surface area contributed by atoms with Gasteiger partial charge in [-0.2, -0.15) is 0 Å². The molecule has 0 fully saturated rings. The highest BCUT2D eigenvalue weighted by atomic mass is 16.5. The summed E-state index contributed by atoms with van der Waals surface area (Å²) in [7, 11) is 1.39. The lowest BCUT2D eigenvalue weighted by Gasteiger charge is -2.14. The van der Waals surface area contributed by atoms with E-state index in [2.05, 4.69) is 30.8 Å². The van der Waals surface area contributed by atoms with E-state index in [4.69, 9.17) is 4.74 Å². The Labute approximate surface area is 118 Å². The molecule has 3 rings (SSSR count).